The summed E-state index contributed by atoms with van der Waals surface area (Å²) in [4.78, 5) is 16.5. The number of carbonyl (C=O) groups is 1. The zero-order valence-electron chi connectivity index (χ0n) is 12.3. The summed E-state index contributed by atoms with van der Waals surface area (Å²) < 4.78 is 6.18. The van der Waals surface area contributed by atoms with E-state index >= 15 is 0 Å². The second-order valence-electron chi connectivity index (χ2n) is 5.17. The number of aromatic nitrogens is 1. The van der Waals surface area contributed by atoms with E-state index in [0.717, 1.165) is 16.0 Å². The molecule has 0 aliphatic heterocycles. The quantitative estimate of drug-likeness (QED) is 0.324. The molecule has 1 rings (SSSR count). The highest BCUT2D eigenvalue weighted by atomic mass is 32.2. The molecule has 9 heteroatoms. The number of nitrogens with zero attached hydrogens (tertiary/aromatic N) is 2. The molecule has 1 heterocycles. The summed E-state index contributed by atoms with van der Waals surface area (Å²) in [6, 6.07) is 0. The summed E-state index contributed by atoms with van der Waals surface area (Å²) >= 11 is 2.27. The van der Waals surface area contributed by atoms with Crippen molar-refractivity contribution >= 4 is 44.4 Å². The number of ether oxygens (including phenoxy) is 1. The van der Waals surface area contributed by atoms with Gasteiger partial charge in [0.1, 0.15) is 15.2 Å². The van der Waals surface area contributed by atoms with E-state index in [0.29, 0.717) is 28.9 Å². The van der Waals surface area contributed by atoms with Gasteiger partial charge in [0.2, 0.25) is 0 Å². The molecule has 0 fully saturated rings. The predicted octanol–water partition coefficient (Wildman–Crippen LogP) is 2.69. The number of thiocyanates is 1. The zero-order valence-corrected chi connectivity index (χ0v) is 14.8. The van der Waals surface area contributed by atoms with Crippen LogP contribution in [0.2, 0.25) is 0 Å². The van der Waals surface area contributed by atoms with E-state index in [4.69, 9.17) is 21.5 Å². The largest absolute Gasteiger partial charge is 0.453 e. The minimum Gasteiger partial charge on any atom is -0.453 e. The van der Waals surface area contributed by atoms with Crippen molar-refractivity contribution in [1.29, 1.82) is 5.26 Å². The summed E-state index contributed by atoms with van der Waals surface area (Å²) in [5, 5.41) is 11.0. The Morgan fingerprint density at radius 2 is 2.24 bits per heavy atom. The Bertz CT molecular complexity index is 534. The van der Waals surface area contributed by atoms with Gasteiger partial charge in [0.25, 0.3) is 0 Å². The number of hydrogen-bond acceptors (Lipinski definition) is 8. The number of anilines is 1. The van der Waals surface area contributed by atoms with Crippen LogP contribution in [-0.2, 0) is 10.5 Å². The Kier molecular flexibility index (Phi) is 6.80. The SMILES string of the molecule is CC(C)(C)OC(=O)[SH](CCN)Cc1nc(N)sc1SC#N. The molecule has 0 saturated heterocycles. The number of nitriles is 1. The Morgan fingerprint density at radius 3 is 2.76 bits per heavy atom. The molecule has 0 radical (unpaired) electrons. The fraction of sp³-hybridized carbons (Fsp3) is 0.583. The number of carbonyl (C=O) groups excluding carboxylic acids is 1. The number of hydrogen-bond donors (Lipinski definition) is 3. The van der Waals surface area contributed by atoms with Crippen molar-refractivity contribution < 1.29 is 9.53 Å². The maximum absolute atomic E-state index is 12.3. The monoisotopic (exact) mass is 348 g/mol. The second-order valence-corrected chi connectivity index (χ2v) is 9.46. The summed E-state index contributed by atoms with van der Waals surface area (Å²) in [6.45, 7) is 5.90. The highest BCUT2D eigenvalue weighted by Gasteiger charge is 2.24. The van der Waals surface area contributed by atoms with Gasteiger partial charge in [0.15, 0.2) is 5.13 Å². The van der Waals surface area contributed by atoms with Crippen molar-refractivity contribution in [2.45, 2.75) is 36.3 Å². The minimum atomic E-state index is -1.10. The normalized spacial score (nSPS) is 13.6. The number of thiazole rings is 1. The van der Waals surface area contributed by atoms with Crippen LogP contribution in [0.1, 0.15) is 26.5 Å². The third kappa shape index (κ3) is 6.13. The van der Waals surface area contributed by atoms with Gasteiger partial charge in [-0.25, -0.2) is 9.78 Å². The van der Waals surface area contributed by atoms with Gasteiger partial charge in [-0.3, -0.25) is 0 Å². The van der Waals surface area contributed by atoms with E-state index in [-0.39, 0.29) is 5.30 Å². The standard InChI is InChI=1S/C12H20N4O2S3/c1-12(2,3)18-11(17)21(5-4-13)6-8-9(19-7-14)20-10(15)16-8/h21H,4-6,13H2,1-3H3,(H2,15,16). The number of nitrogens with two attached hydrogens (primary N) is 2. The first-order chi connectivity index (χ1) is 9.76. The maximum atomic E-state index is 12.3. The van der Waals surface area contributed by atoms with E-state index < -0.39 is 16.5 Å². The molecule has 4 N–H and O–H groups in total. The molecule has 21 heavy (non-hydrogen) atoms. The van der Waals surface area contributed by atoms with Crippen molar-refractivity contribution in [2.75, 3.05) is 18.0 Å². The Hall–Kier alpha value is -0.950. The third-order valence-electron chi connectivity index (χ3n) is 2.21. The summed E-state index contributed by atoms with van der Waals surface area (Å²) in [7, 11) is -1.10. The first-order valence-corrected chi connectivity index (χ1v) is 9.60. The van der Waals surface area contributed by atoms with Crippen LogP contribution in [-0.4, -0.2) is 28.2 Å². The first kappa shape index (κ1) is 18.1. The molecule has 1 atom stereocenters. The van der Waals surface area contributed by atoms with Gasteiger partial charge in [0, 0.05) is 24.1 Å². The molecular formula is C12H20N4O2S3. The number of nitrogen functional groups attached to an aromatic ring is 1. The topological polar surface area (TPSA) is 115 Å². The summed E-state index contributed by atoms with van der Waals surface area (Å²) in [5.74, 6) is 1.01. The summed E-state index contributed by atoms with van der Waals surface area (Å²) in [5.41, 5.74) is 11.4. The highest BCUT2D eigenvalue weighted by molar-refractivity contribution is 8.28. The fourth-order valence-corrected chi connectivity index (χ4v) is 4.90. The molecule has 1 unspecified atom stereocenters. The molecular weight excluding hydrogens is 328 g/mol. The lowest BCUT2D eigenvalue weighted by Gasteiger charge is -2.25. The van der Waals surface area contributed by atoms with Crippen molar-refractivity contribution in [3.8, 4) is 5.40 Å². The Morgan fingerprint density at radius 1 is 1.57 bits per heavy atom. The van der Waals surface area contributed by atoms with Crippen LogP contribution in [0.15, 0.2) is 4.21 Å². The lowest BCUT2D eigenvalue weighted by molar-refractivity contribution is 0.0733. The van der Waals surface area contributed by atoms with Crippen molar-refractivity contribution in [3.63, 3.8) is 0 Å². The fourth-order valence-electron chi connectivity index (χ4n) is 1.47. The third-order valence-corrected chi connectivity index (χ3v) is 6.03. The van der Waals surface area contributed by atoms with Gasteiger partial charge in [-0.05, 0) is 26.5 Å². The molecule has 0 aromatic carbocycles. The van der Waals surface area contributed by atoms with Crippen LogP contribution >= 0.6 is 34.0 Å². The summed E-state index contributed by atoms with van der Waals surface area (Å²) in [6.07, 6.45) is 0. The van der Waals surface area contributed by atoms with Crippen LogP contribution in [0.5, 0.6) is 0 Å². The number of rotatable bonds is 5. The van der Waals surface area contributed by atoms with E-state index in [9.17, 15) is 4.79 Å². The van der Waals surface area contributed by atoms with Gasteiger partial charge < -0.3 is 16.2 Å². The van der Waals surface area contributed by atoms with Gasteiger partial charge >= 0.3 is 5.30 Å². The average Bonchev–Trinajstić information content (AvgIpc) is 2.67. The molecule has 1 aromatic rings. The van der Waals surface area contributed by atoms with E-state index in [1.165, 1.54) is 11.3 Å². The van der Waals surface area contributed by atoms with Crippen LogP contribution < -0.4 is 11.5 Å². The highest BCUT2D eigenvalue weighted by Crippen LogP contribution is 2.39. The van der Waals surface area contributed by atoms with Crippen LogP contribution in [0.25, 0.3) is 0 Å². The second kappa shape index (κ2) is 7.89. The Balaban J connectivity index is 2.88. The molecule has 6 nitrogen and oxygen atoms in total. The predicted molar refractivity (Wildman–Crippen MR) is 90.8 cm³/mol. The van der Waals surface area contributed by atoms with Gasteiger partial charge in [-0.15, -0.1) is 10.9 Å². The number of thioether (sulfide) groups is 1. The Labute approximate surface area is 135 Å². The smallest absolute Gasteiger partial charge is 0.347 e. The van der Waals surface area contributed by atoms with Crippen LogP contribution in [0, 0.1) is 10.7 Å². The minimum absolute atomic E-state index is 0.234. The van der Waals surface area contributed by atoms with Crippen molar-refractivity contribution in [1.82, 2.24) is 4.98 Å². The maximum Gasteiger partial charge on any atom is 0.347 e. The van der Waals surface area contributed by atoms with Crippen molar-refractivity contribution in [2.24, 2.45) is 5.73 Å². The zero-order chi connectivity index (χ0) is 16.0. The molecule has 0 spiro atoms. The molecule has 0 saturated carbocycles. The number of thiol groups is 1. The van der Waals surface area contributed by atoms with E-state index in [2.05, 4.69) is 4.98 Å². The van der Waals surface area contributed by atoms with Gasteiger partial charge in [0.05, 0.1) is 5.69 Å². The van der Waals surface area contributed by atoms with Crippen LogP contribution in [0.3, 0.4) is 0 Å². The molecule has 118 valence electrons. The van der Waals surface area contributed by atoms with E-state index in [1.54, 1.807) is 0 Å². The molecule has 0 amide bonds. The van der Waals surface area contributed by atoms with Crippen molar-refractivity contribution in [3.05, 3.63) is 5.69 Å². The van der Waals surface area contributed by atoms with E-state index in [1.807, 2.05) is 26.2 Å². The lowest BCUT2D eigenvalue weighted by atomic mass is 10.2. The lowest BCUT2D eigenvalue weighted by Crippen LogP contribution is -2.25. The molecule has 0 bridgehead atoms. The molecule has 1 aromatic heterocycles. The molecule has 0 aliphatic rings. The average molecular weight is 349 g/mol. The first-order valence-electron chi connectivity index (χ1n) is 6.26. The molecule has 0 aliphatic carbocycles. The van der Waals surface area contributed by atoms with Crippen LogP contribution in [0.4, 0.5) is 9.93 Å². The van der Waals surface area contributed by atoms with Gasteiger partial charge in [-0.2, -0.15) is 5.26 Å². The van der Waals surface area contributed by atoms with Gasteiger partial charge in [-0.1, -0.05) is 11.3 Å².